The first-order chi connectivity index (χ1) is 14.5. The lowest BCUT2D eigenvalue weighted by atomic mass is 10.1. The Morgan fingerprint density at radius 3 is 2.37 bits per heavy atom. The summed E-state index contributed by atoms with van der Waals surface area (Å²) in [4.78, 5) is 51.5. The van der Waals surface area contributed by atoms with Crippen LogP contribution in [0, 0.1) is 0 Å². The van der Waals surface area contributed by atoms with E-state index in [1.165, 1.54) is 31.4 Å². The normalized spacial score (nSPS) is 16.0. The average molecular weight is 410 g/mol. The largest absolute Gasteiger partial charge is 0.497 e. The van der Waals surface area contributed by atoms with E-state index in [9.17, 15) is 19.2 Å². The summed E-state index contributed by atoms with van der Waals surface area (Å²) >= 11 is 0. The second kappa shape index (κ2) is 7.86. The van der Waals surface area contributed by atoms with E-state index >= 15 is 0 Å². The molecule has 0 atom stereocenters. The van der Waals surface area contributed by atoms with Crippen LogP contribution in [0.25, 0.3) is 0 Å². The van der Waals surface area contributed by atoms with Crippen molar-refractivity contribution < 1.29 is 33.4 Å². The van der Waals surface area contributed by atoms with Crippen molar-refractivity contribution >= 4 is 29.3 Å². The number of hydrogen-bond acceptors (Lipinski definition) is 7. The molecule has 2 aromatic carbocycles. The maximum Gasteiger partial charge on any atom is 0.339 e. The molecule has 9 nitrogen and oxygen atoms in total. The van der Waals surface area contributed by atoms with E-state index in [4.69, 9.17) is 14.2 Å². The fraction of sp³-hybridized carbons (Fsp3) is 0.238. The second-order valence-electron chi connectivity index (χ2n) is 6.65. The predicted molar refractivity (Wildman–Crippen MR) is 104 cm³/mol. The Kier molecular flexibility index (Phi) is 5.09. The van der Waals surface area contributed by atoms with Crippen molar-refractivity contribution in [3.8, 4) is 17.2 Å². The van der Waals surface area contributed by atoms with Crippen molar-refractivity contribution in [2.24, 2.45) is 0 Å². The molecule has 0 spiro atoms. The van der Waals surface area contributed by atoms with Crippen LogP contribution in [0.15, 0.2) is 42.5 Å². The van der Waals surface area contributed by atoms with Crippen LogP contribution in [-0.4, -0.2) is 55.4 Å². The Labute approximate surface area is 171 Å². The predicted octanol–water partition coefficient (Wildman–Crippen LogP) is 2.03. The molecule has 0 unspecified atom stereocenters. The number of hydrogen-bond donors (Lipinski definition) is 0. The van der Waals surface area contributed by atoms with E-state index in [2.05, 4.69) is 0 Å². The quantitative estimate of drug-likeness (QED) is 0.422. The van der Waals surface area contributed by atoms with Crippen LogP contribution in [-0.2, 0) is 9.59 Å². The first-order valence-corrected chi connectivity index (χ1v) is 9.26. The minimum Gasteiger partial charge on any atom is -0.497 e. The fourth-order valence-electron chi connectivity index (χ4n) is 3.18. The highest BCUT2D eigenvalue weighted by molar-refractivity contribution is 6.53. The van der Waals surface area contributed by atoms with Crippen LogP contribution in [0.5, 0.6) is 17.2 Å². The number of methoxy groups -OCH3 is 1. The molecule has 4 amide bonds. The minimum atomic E-state index is -1.06. The molecule has 0 aliphatic carbocycles. The molecule has 154 valence electrons. The number of Topliss-reactive ketones (excluding diaryl/α,β-unsaturated/α-hetero) is 1. The van der Waals surface area contributed by atoms with E-state index in [0.29, 0.717) is 35.4 Å². The average Bonchev–Trinajstić information content (AvgIpc) is 2.93. The standard InChI is InChI=1S/C21H18N2O7/c1-28-15-6-4-14(5-7-15)23-20(26)19(25)22(21(23)27)12-16(24)13-3-8-17-18(11-13)30-10-2-9-29-17/h3-8,11H,2,9-10,12H2,1H3. The maximum absolute atomic E-state index is 12.7. The summed E-state index contributed by atoms with van der Waals surface area (Å²) in [6, 6.07) is 9.86. The Morgan fingerprint density at radius 2 is 1.67 bits per heavy atom. The highest BCUT2D eigenvalue weighted by Gasteiger charge is 2.46. The van der Waals surface area contributed by atoms with E-state index < -0.39 is 30.2 Å². The number of carbonyl (C=O) groups excluding carboxylic acids is 4. The summed E-state index contributed by atoms with van der Waals surface area (Å²) in [6.07, 6.45) is 0.720. The SMILES string of the molecule is COc1ccc(N2C(=O)C(=O)N(CC(=O)c3ccc4c(c3)OCCCO4)C2=O)cc1. The highest BCUT2D eigenvalue weighted by Crippen LogP contribution is 2.31. The number of rotatable bonds is 5. The molecule has 0 radical (unpaired) electrons. The molecular formula is C21H18N2O7. The van der Waals surface area contributed by atoms with Gasteiger partial charge >= 0.3 is 17.8 Å². The minimum absolute atomic E-state index is 0.213. The molecule has 2 aliphatic heterocycles. The van der Waals surface area contributed by atoms with E-state index in [1.807, 2.05) is 0 Å². The van der Waals surface area contributed by atoms with E-state index in [-0.39, 0.29) is 11.3 Å². The lowest BCUT2D eigenvalue weighted by molar-refractivity contribution is -0.139. The van der Waals surface area contributed by atoms with Crippen molar-refractivity contribution in [3.05, 3.63) is 48.0 Å². The maximum atomic E-state index is 12.7. The summed E-state index contributed by atoms with van der Waals surface area (Å²) in [6.45, 7) is 0.412. The van der Waals surface area contributed by atoms with Gasteiger partial charge in [0.05, 0.1) is 32.6 Å². The summed E-state index contributed by atoms with van der Waals surface area (Å²) in [5, 5.41) is 0. The number of fused-ring (bicyclic) bond motifs is 1. The van der Waals surface area contributed by atoms with Crippen LogP contribution in [0.3, 0.4) is 0 Å². The summed E-state index contributed by atoms with van der Waals surface area (Å²) in [5.74, 6) is -1.09. The van der Waals surface area contributed by atoms with Crippen molar-refractivity contribution in [2.75, 3.05) is 31.8 Å². The molecule has 1 saturated heterocycles. The van der Waals surface area contributed by atoms with Crippen molar-refractivity contribution in [3.63, 3.8) is 0 Å². The first kappa shape index (κ1) is 19.4. The Hall–Kier alpha value is -3.88. The number of carbonyl (C=O) groups is 4. The number of nitrogens with zero attached hydrogens (tertiary/aromatic N) is 2. The van der Waals surface area contributed by atoms with Gasteiger partial charge in [-0.3, -0.25) is 14.4 Å². The third-order valence-electron chi connectivity index (χ3n) is 4.76. The number of benzene rings is 2. The zero-order valence-corrected chi connectivity index (χ0v) is 16.1. The number of urea groups is 1. The Morgan fingerprint density at radius 1 is 0.967 bits per heavy atom. The molecule has 2 heterocycles. The zero-order valence-electron chi connectivity index (χ0n) is 16.1. The van der Waals surface area contributed by atoms with E-state index in [0.717, 1.165) is 11.3 Å². The lowest BCUT2D eigenvalue weighted by Crippen LogP contribution is -2.37. The van der Waals surface area contributed by atoms with Gasteiger partial charge in [0.15, 0.2) is 17.3 Å². The van der Waals surface area contributed by atoms with Gasteiger partial charge in [-0.05, 0) is 42.5 Å². The molecule has 1 fully saturated rings. The highest BCUT2D eigenvalue weighted by atomic mass is 16.5. The Balaban J connectivity index is 1.53. The summed E-state index contributed by atoms with van der Waals surface area (Å²) in [7, 11) is 1.48. The lowest BCUT2D eigenvalue weighted by Gasteiger charge is -2.15. The second-order valence-corrected chi connectivity index (χ2v) is 6.65. The smallest absolute Gasteiger partial charge is 0.339 e. The number of amides is 4. The molecule has 0 N–H and O–H groups in total. The van der Waals surface area contributed by atoms with Crippen LogP contribution < -0.4 is 19.1 Å². The fourth-order valence-corrected chi connectivity index (χ4v) is 3.18. The van der Waals surface area contributed by atoms with Gasteiger partial charge in [-0.15, -0.1) is 0 Å². The van der Waals surface area contributed by atoms with Crippen LogP contribution >= 0.6 is 0 Å². The van der Waals surface area contributed by atoms with Gasteiger partial charge < -0.3 is 14.2 Å². The van der Waals surface area contributed by atoms with E-state index in [1.54, 1.807) is 18.2 Å². The van der Waals surface area contributed by atoms with Crippen LogP contribution in [0.4, 0.5) is 10.5 Å². The number of anilines is 1. The zero-order chi connectivity index (χ0) is 21.3. The summed E-state index contributed by atoms with van der Waals surface area (Å²) in [5.41, 5.74) is 0.458. The van der Waals surface area contributed by atoms with Crippen LogP contribution in [0.2, 0.25) is 0 Å². The van der Waals surface area contributed by atoms with Gasteiger partial charge in [0.1, 0.15) is 5.75 Å². The van der Waals surface area contributed by atoms with Gasteiger partial charge in [-0.1, -0.05) is 0 Å². The molecule has 4 rings (SSSR count). The number of ketones is 1. The molecule has 0 bridgehead atoms. The van der Waals surface area contributed by atoms with Crippen LogP contribution in [0.1, 0.15) is 16.8 Å². The number of imide groups is 2. The summed E-state index contributed by atoms with van der Waals surface area (Å²) < 4.78 is 16.1. The molecule has 2 aliphatic rings. The van der Waals surface area contributed by atoms with Gasteiger partial charge in [-0.25, -0.2) is 14.6 Å². The third kappa shape index (κ3) is 3.45. The van der Waals surface area contributed by atoms with Crippen molar-refractivity contribution in [1.82, 2.24) is 4.90 Å². The van der Waals surface area contributed by atoms with Crippen molar-refractivity contribution in [2.45, 2.75) is 6.42 Å². The third-order valence-corrected chi connectivity index (χ3v) is 4.76. The molecule has 30 heavy (non-hydrogen) atoms. The van der Waals surface area contributed by atoms with Gasteiger partial charge in [0, 0.05) is 12.0 Å². The molecule has 0 saturated carbocycles. The van der Waals surface area contributed by atoms with Gasteiger partial charge in [0.25, 0.3) is 0 Å². The monoisotopic (exact) mass is 410 g/mol. The first-order valence-electron chi connectivity index (χ1n) is 9.26. The molecule has 0 aromatic heterocycles. The number of ether oxygens (including phenoxy) is 3. The topological polar surface area (TPSA) is 102 Å². The van der Waals surface area contributed by atoms with Gasteiger partial charge in [0.2, 0.25) is 0 Å². The van der Waals surface area contributed by atoms with Crippen molar-refractivity contribution in [1.29, 1.82) is 0 Å². The molecule has 2 aromatic rings. The molecular weight excluding hydrogens is 392 g/mol. The Bertz CT molecular complexity index is 1030. The van der Waals surface area contributed by atoms with Gasteiger partial charge in [-0.2, -0.15) is 0 Å². The molecule has 9 heteroatoms.